The number of benzene rings is 3. The van der Waals surface area contributed by atoms with Crippen molar-refractivity contribution >= 4 is 29.1 Å². The van der Waals surface area contributed by atoms with E-state index >= 15 is 0 Å². The molecule has 0 aromatic heterocycles. The predicted molar refractivity (Wildman–Crippen MR) is 136 cm³/mol. The van der Waals surface area contributed by atoms with Gasteiger partial charge in [-0.3, -0.25) is 19.3 Å². The second-order valence-electron chi connectivity index (χ2n) is 8.41. The molecule has 184 valence electrons. The topological polar surface area (TPSA) is 93.1 Å². The third-order valence-corrected chi connectivity index (χ3v) is 6.14. The summed E-state index contributed by atoms with van der Waals surface area (Å²) in [6.07, 6.45) is 0.0903. The van der Waals surface area contributed by atoms with Crippen LogP contribution in [0.1, 0.15) is 35.2 Å². The molecule has 1 N–H and O–H groups in total. The smallest absolute Gasteiger partial charge is 0.309 e. The standard InChI is InChI=1S/C29H27NO6/c1-4-36-22-10-7-9-20(17-22)27(32)25-26(23-11-6-5-8-18(23)2)30(29(34)28(25)33)21-14-12-19(13-15-21)16-24(31)35-3/h5-15,17,26,32H,4,16H2,1-3H3/b27-25+. The van der Waals surface area contributed by atoms with Gasteiger partial charge in [0.1, 0.15) is 11.5 Å². The monoisotopic (exact) mass is 485 g/mol. The van der Waals surface area contributed by atoms with Gasteiger partial charge in [0.2, 0.25) is 0 Å². The lowest BCUT2D eigenvalue weighted by atomic mass is 9.92. The SMILES string of the molecule is CCOc1cccc(/C(O)=C2\C(=O)C(=O)N(c3ccc(CC(=O)OC)cc3)C2c2ccccc2C)c1. The lowest BCUT2D eigenvalue weighted by molar-refractivity contribution is -0.139. The van der Waals surface area contributed by atoms with Crippen LogP contribution in [-0.4, -0.2) is 36.5 Å². The Hall–Kier alpha value is -4.39. The van der Waals surface area contributed by atoms with Crippen LogP contribution >= 0.6 is 0 Å². The molecule has 1 atom stereocenters. The molecule has 0 aliphatic carbocycles. The van der Waals surface area contributed by atoms with Gasteiger partial charge in [0.15, 0.2) is 0 Å². The van der Waals surface area contributed by atoms with Crippen molar-refractivity contribution in [3.8, 4) is 5.75 Å². The van der Waals surface area contributed by atoms with Crippen LogP contribution in [0.3, 0.4) is 0 Å². The van der Waals surface area contributed by atoms with E-state index in [2.05, 4.69) is 0 Å². The van der Waals surface area contributed by atoms with E-state index < -0.39 is 17.7 Å². The van der Waals surface area contributed by atoms with Crippen molar-refractivity contribution in [1.82, 2.24) is 0 Å². The van der Waals surface area contributed by atoms with Crippen molar-refractivity contribution in [3.63, 3.8) is 0 Å². The third-order valence-electron chi connectivity index (χ3n) is 6.14. The lowest BCUT2D eigenvalue weighted by Gasteiger charge is -2.26. The number of aliphatic hydroxyl groups is 1. The number of aliphatic hydroxyl groups excluding tert-OH is 1. The van der Waals surface area contributed by atoms with Crippen LogP contribution in [0.4, 0.5) is 5.69 Å². The summed E-state index contributed by atoms with van der Waals surface area (Å²) < 4.78 is 10.3. The van der Waals surface area contributed by atoms with Crippen molar-refractivity contribution in [1.29, 1.82) is 0 Å². The molecule has 1 fully saturated rings. The Morgan fingerprint density at radius 2 is 1.72 bits per heavy atom. The van der Waals surface area contributed by atoms with Crippen LogP contribution < -0.4 is 9.64 Å². The average Bonchev–Trinajstić information content (AvgIpc) is 3.14. The van der Waals surface area contributed by atoms with Crippen molar-refractivity contribution in [3.05, 3.63) is 101 Å². The van der Waals surface area contributed by atoms with Gasteiger partial charge in [-0.05, 0) is 54.8 Å². The summed E-state index contributed by atoms with van der Waals surface area (Å²) in [5, 5.41) is 11.3. The first-order valence-electron chi connectivity index (χ1n) is 11.6. The maximum absolute atomic E-state index is 13.4. The molecule has 36 heavy (non-hydrogen) atoms. The zero-order valence-corrected chi connectivity index (χ0v) is 20.4. The highest BCUT2D eigenvalue weighted by molar-refractivity contribution is 6.51. The highest BCUT2D eigenvalue weighted by Crippen LogP contribution is 2.43. The van der Waals surface area contributed by atoms with Crippen LogP contribution in [0.25, 0.3) is 5.76 Å². The normalized spacial score (nSPS) is 16.8. The van der Waals surface area contributed by atoms with E-state index in [1.165, 1.54) is 12.0 Å². The summed E-state index contributed by atoms with van der Waals surface area (Å²) >= 11 is 0. The van der Waals surface area contributed by atoms with Crippen LogP contribution in [-0.2, 0) is 25.5 Å². The van der Waals surface area contributed by atoms with E-state index in [1.54, 1.807) is 48.5 Å². The summed E-state index contributed by atoms with van der Waals surface area (Å²) in [5.74, 6) is -1.62. The number of ether oxygens (including phenoxy) is 2. The lowest BCUT2D eigenvalue weighted by Crippen LogP contribution is -2.29. The quantitative estimate of drug-likeness (QED) is 0.225. The third kappa shape index (κ3) is 4.73. The van der Waals surface area contributed by atoms with Gasteiger partial charge in [-0.1, -0.05) is 48.5 Å². The molecule has 0 spiro atoms. The molecule has 3 aromatic carbocycles. The molecule has 7 nitrogen and oxygen atoms in total. The summed E-state index contributed by atoms with van der Waals surface area (Å²) in [7, 11) is 1.32. The molecule has 1 aliphatic heterocycles. The van der Waals surface area contributed by atoms with Gasteiger partial charge in [0, 0.05) is 11.3 Å². The van der Waals surface area contributed by atoms with Crippen LogP contribution in [0.2, 0.25) is 0 Å². The Balaban J connectivity index is 1.86. The molecular formula is C29H27NO6. The second-order valence-corrected chi connectivity index (χ2v) is 8.41. The number of methoxy groups -OCH3 is 1. The largest absolute Gasteiger partial charge is 0.507 e. The number of ketones is 1. The predicted octanol–water partition coefficient (Wildman–Crippen LogP) is 4.74. The zero-order valence-electron chi connectivity index (χ0n) is 20.4. The zero-order chi connectivity index (χ0) is 25.8. The fourth-order valence-corrected chi connectivity index (χ4v) is 4.36. The minimum Gasteiger partial charge on any atom is -0.507 e. The molecule has 7 heteroatoms. The number of rotatable bonds is 7. The first-order valence-corrected chi connectivity index (χ1v) is 11.6. The number of esters is 1. The summed E-state index contributed by atoms with van der Waals surface area (Å²) in [4.78, 5) is 39.7. The number of carbonyl (C=O) groups excluding carboxylic acids is 3. The van der Waals surface area contributed by atoms with Gasteiger partial charge in [-0.2, -0.15) is 0 Å². The Morgan fingerprint density at radius 1 is 1.00 bits per heavy atom. The average molecular weight is 486 g/mol. The number of hydrogen-bond acceptors (Lipinski definition) is 6. The maximum atomic E-state index is 13.4. The number of nitrogens with zero attached hydrogens (tertiary/aromatic N) is 1. The minimum atomic E-state index is -0.839. The van der Waals surface area contributed by atoms with E-state index in [1.807, 2.05) is 38.1 Å². The molecule has 3 aromatic rings. The van der Waals surface area contributed by atoms with E-state index in [0.717, 1.165) is 11.1 Å². The number of anilines is 1. The van der Waals surface area contributed by atoms with Gasteiger partial charge in [0.25, 0.3) is 11.7 Å². The molecule has 4 rings (SSSR count). The van der Waals surface area contributed by atoms with E-state index in [0.29, 0.717) is 29.2 Å². The van der Waals surface area contributed by atoms with Gasteiger partial charge < -0.3 is 14.6 Å². The molecule has 1 unspecified atom stereocenters. The van der Waals surface area contributed by atoms with Crippen LogP contribution in [0.15, 0.2) is 78.4 Å². The van der Waals surface area contributed by atoms with Crippen molar-refractivity contribution < 1.29 is 29.0 Å². The molecule has 0 bridgehead atoms. The fraction of sp³-hybridized carbons (Fsp3) is 0.207. The van der Waals surface area contributed by atoms with E-state index in [4.69, 9.17) is 9.47 Å². The number of amides is 1. The molecule has 0 radical (unpaired) electrons. The van der Waals surface area contributed by atoms with Gasteiger partial charge >= 0.3 is 5.97 Å². The highest BCUT2D eigenvalue weighted by Gasteiger charge is 2.47. The van der Waals surface area contributed by atoms with Crippen LogP contribution in [0.5, 0.6) is 5.75 Å². The van der Waals surface area contributed by atoms with Crippen molar-refractivity contribution in [2.75, 3.05) is 18.6 Å². The highest BCUT2D eigenvalue weighted by atomic mass is 16.5. The second kappa shape index (κ2) is 10.5. The Kier molecular flexibility index (Phi) is 7.20. The molecule has 1 amide bonds. The number of aryl methyl sites for hydroxylation is 1. The number of Topliss-reactive ketones (excluding diaryl/α,β-unsaturated/α-hetero) is 1. The first kappa shape index (κ1) is 24.7. The number of hydrogen-bond donors (Lipinski definition) is 1. The number of carbonyl (C=O) groups is 3. The van der Waals surface area contributed by atoms with E-state index in [9.17, 15) is 19.5 Å². The van der Waals surface area contributed by atoms with Crippen molar-refractivity contribution in [2.45, 2.75) is 26.3 Å². The molecular weight excluding hydrogens is 458 g/mol. The molecule has 1 heterocycles. The fourth-order valence-electron chi connectivity index (χ4n) is 4.36. The van der Waals surface area contributed by atoms with Crippen LogP contribution in [0, 0.1) is 6.92 Å². The van der Waals surface area contributed by atoms with Gasteiger partial charge in [0.05, 0.1) is 31.8 Å². The Labute approximate surface area is 209 Å². The molecule has 1 aliphatic rings. The summed E-state index contributed by atoms with van der Waals surface area (Å²) in [5.41, 5.74) is 3.15. The Bertz CT molecular complexity index is 1340. The van der Waals surface area contributed by atoms with E-state index in [-0.39, 0.29) is 23.7 Å². The molecule has 0 saturated carbocycles. The minimum absolute atomic E-state index is 0.00147. The first-order chi connectivity index (χ1) is 17.3. The van der Waals surface area contributed by atoms with Gasteiger partial charge in [-0.15, -0.1) is 0 Å². The molecule has 1 saturated heterocycles. The van der Waals surface area contributed by atoms with Crippen molar-refractivity contribution in [2.24, 2.45) is 0 Å². The summed E-state index contributed by atoms with van der Waals surface area (Å²) in [6.45, 7) is 4.20. The Morgan fingerprint density at radius 3 is 2.39 bits per heavy atom. The maximum Gasteiger partial charge on any atom is 0.309 e. The van der Waals surface area contributed by atoms with Gasteiger partial charge in [-0.25, -0.2) is 0 Å². The summed E-state index contributed by atoms with van der Waals surface area (Å²) in [6, 6.07) is 20.2.